The Morgan fingerprint density at radius 1 is 1.12 bits per heavy atom. The number of hydrogen-bond donors (Lipinski definition) is 1. The number of hydrazine groups is 1. The molecule has 0 saturated carbocycles. The van der Waals surface area contributed by atoms with Crippen LogP contribution in [0.3, 0.4) is 0 Å². The van der Waals surface area contributed by atoms with Crippen LogP contribution >= 0.6 is 0 Å². The zero-order valence-corrected chi connectivity index (χ0v) is 9.87. The molecule has 0 aliphatic carbocycles. The van der Waals surface area contributed by atoms with Gasteiger partial charge in [0.2, 0.25) is 0 Å². The summed E-state index contributed by atoms with van der Waals surface area (Å²) in [6.45, 7) is 2.47. The van der Waals surface area contributed by atoms with Gasteiger partial charge in [0.1, 0.15) is 0 Å². The smallest absolute Gasteiger partial charge is 0.0520 e. The van der Waals surface area contributed by atoms with Gasteiger partial charge in [0.15, 0.2) is 0 Å². The normalized spacial score (nSPS) is 18.2. The molecule has 3 rings (SSSR count). The third-order valence-corrected chi connectivity index (χ3v) is 3.72. The number of anilines is 2. The second-order valence-corrected chi connectivity index (χ2v) is 4.92. The van der Waals surface area contributed by atoms with Gasteiger partial charge in [0.25, 0.3) is 0 Å². The van der Waals surface area contributed by atoms with E-state index in [9.17, 15) is 0 Å². The maximum Gasteiger partial charge on any atom is 0.0520 e. The van der Waals surface area contributed by atoms with E-state index in [1.165, 1.54) is 55.6 Å². The van der Waals surface area contributed by atoms with E-state index in [0.717, 1.165) is 5.69 Å². The minimum Gasteiger partial charge on any atom is -0.371 e. The third kappa shape index (κ3) is 1.47. The predicted octanol–water partition coefficient (Wildman–Crippen LogP) is 1.70. The summed E-state index contributed by atoms with van der Waals surface area (Å²) in [5.41, 5.74) is 5.66. The highest BCUT2D eigenvalue weighted by Crippen LogP contribution is 2.37. The van der Waals surface area contributed by atoms with Crippen LogP contribution in [0, 0.1) is 0 Å². The summed E-state index contributed by atoms with van der Waals surface area (Å²) in [6.07, 6.45) is 4.98. The van der Waals surface area contributed by atoms with Crippen LogP contribution in [0.25, 0.3) is 0 Å². The molecule has 0 aromatic heterocycles. The van der Waals surface area contributed by atoms with Gasteiger partial charge in [-0.05, 0) is 48.9 Å². The van der Waals surface area contributed by atoms with Crippen LogP contribution < -0.4 is 15.8 Å². The van der Waals surface area contributed by atoms with Gasteiger partial charge in [-0.3, -0.25) is 0 Å². The molecule has 2 aliphatic rings. The van der Waals surface area contributed by atoms with Crippen molar-refractivity contribution < 1.29 is 0 Å². The molecule has 2 heterocycles. The van der Waals surface area contributed by atoms with Gasteiger partial charge in [0, 0.05) is 25.8 Å². The molecular weight excluding hydrogens is 198 g/mol. The molecule has 86 valence electrons. The first kappa shape index (κ1) is 9.97. The second kappa shape index (κ2) is 3.67. The maximum atomic E-state index is 5.84. The van der Waals surface area contributed by atoms with E-state index < -0.39 is 0 Å². The second-order valence-electron chi connectivity index (χ2n) is 4.92. The van der Waals surface area contributed by atoms with E-state index in [1.54, 1.807) is 5.01 Å². The lowest BCUT2D eigenvalue weighted by Gasteiger charge is -2.37. The minimum atomic E-state index is 1.15. The molecule has 2 N–H and O–H groups in total. The Kier molecular flexibility index (Phi) is 2.28. The monoisotopic (exact) mass is 217 g/mol. The van der Waals surface area contributed by atoms with Crippen molar-refractivity contribution in [1.82, 2.24) is 0 Å². The Bertz CT molecular complexity index is 381. The molecule has 0 fully saturated rings. The van der Waals surface area contributed by atoms with E-state index in [-0.39, 0.29) is 0 Å². The summed E-state index contributed by atoms with van der Waals surface area (Å²) in [6, 6.07) is 4.52. The van der Waals surface area contributed by atoms with E-state index in [0.29, 0.717) is 0 Å². The first-order chi connectivity index (χ1) is 7.75. The lowest BCUT2D eigenvalue weighted by Crippen LogP contribution is -2.35. The van der Waals surface area contributed by atoms with Crippen LogP contribution in [0.2, 0.25) is 0 Å². The molecule has 0 atom stereocenters. The van der Waals surface area contributed by atoms with Crippen LogP contribution in [0.1, 0.15) is 24.0 Å². The Morgan fingerprint density at radius 3 is 2.19 bits per heavy atom. The lowest BCUT2D eigenvalue weighted by molar-refractivity contribution is 0.634. The van der Waals surface area contributed by atoms with Crippen LogP contribution in [-0.2, 0) is 12.8 Å². The quantitative estimate of drug-likeness (QED) is 0.574. The molecule has 16 heavy (non-hydrogen) atoms. The molecule has 0 bridgehead atoms. The summed E-state index contributed by atoms with van der Waals surface area (Å²) in [5.74, 6) is 5.84. The highest BCUT2D eigenvalue weighted by molar-refractivity contribution is 5.68. The first-order valence-electron chi connectivity index (χ1n) is 6.15. The molecule has 2 aliphatic heterocycles. The van der Waals surface area contributed by atoms with Gasteiger partial charge in [-0.1, -0.05) is 0 Å². The van der Waals surface area contributed by atoms with Crippen molar-refractivity contribution >= 4 is 11.4 Å². The van der Waals surface area contributed by atoms with E-state index >= 15 is 0 Å². The van der Waals surface area contributed by atoms with Gasteiger partial charge in [-0.25, -0.2) is 5.84 Å². The van der Waals surface area contributed by atoms with E-state index in [1.807, 2.05) is 7.05 Å². The van der Waals surface area contributed by atoms with E-state index in [2.05, 4.69) is 17.0 Å². The summed E-state index contributed by atoms with van der Waals surface area (Å²) in [7, 11) is 1.91. The number of aryl methyl sites for hydroxylation is 2. The summed E-state index contributed by atoms with van der Waals surface area (Å²) >= 11 is 0. The maximum absolute atomic E-state index is 5.84. The Labute approximate surface area is 96.8 Å². The summed E-state index contributed by atoms with van der Waals surface area (Å²) < 4.78 is 0. The molecule has 0 spiro atoms. The van der Waals surface area contributed by atoms with Crippen molar-refractivity contribution in [2.75, 3.05) is 30.0 Å². The van der Waals surface area contributed by atoms with Crippen molar-refractivity contribution in [3.05, 3.63) is 23.3 Å². The first-order valence-corrected chi connectivity index (χ1v) is 6.15. The van der Waals surface area contributed by atoms with Gasteiger partial charge >= 0.3 is 0 Å². The van der Waals surface area contributed by atoms with Crippen molar-refractivity contribution in [1.29, 1.82) is 0 Å². The minimum absolute atomic E-state index is 1.15. The fraction of sp³-hybridized carbons (Fsp3) is 0.538. The molecule has 3 heteroatoms. The fourth-order valence-electron chi connectivity index (χ4n) is 2.99. The Balaban J connectivity index is 2.13. The van der Waals surface area contributed by atoms with Crippen molar-refractivity contribution in [2.24, 2.45) is 5.84 Å². The van der Waals surface area contributed by atoms with Crippen molar-refractivity contribution in [3.63, 3.8) is 0 Å². The highest BCUT2D eigenvalue weighted by atomic mass is 15.4. The number of hydrogen-bond acceptors (Lipinski definition) is 3. The van der Waals surface area contributed by atoms with Gasteiger partial charge in [-0.15, -0.1) is 0 Å². The van der Waals surface area contributed by atoms with Crippen molar-refractivity contribution in [3.8, 4) is 0 Å². The van der Waals surface area contributed by atoms with Gasteiger partial charge in [0.05, 0.1) is 5.69 Å². The third-order valence-electron chi connectivity index (χ3n) is 3.72. The van der Waals surface area contributed by atoms with E-state index in [4.69, 9.17) is 5.84 Å². The molecule has 3 nitrogen and oxygen atoms in total. The molecular formula is C13H19N3. The zero-order chi connectivity index (χ0) is 11.1. The number of benzene rings is 1. The topological polar surface area (TPSA) is 32.5 Å². The summed E-state index contributed by atoms with van der Waals surface area (Å²) in [5, 5.41) is 1.73. The average molecular weight is 217 g/mol. The van der Waals surface area contributed by atoms with Crippen LogP contribution in [-0.4, -0.2) is 20.1 Å². The standard InChI is InChI=1S/C13H19N3/c1-15(14)12-8-10-4-2-6-16-7-3-5-11(9-12)13(10)16/h8-9H,2-7,14H2,1H3. The van der Waals surface area contributed by atoms with Gasteiger partial charge in [-0.2, -0.15) is 0 Å². The number of nitrogens with two attached hydrogens (primary N) is 1. The lowest BCUT2D eigenvalue weighted by atomic mass is 9.91. The number of rotatable bonds is 1. The van der Waals surface area contributed by atoms with Gasteiger partial charge < -0.3 is 9.91 Å². The summed E-state index contributed by atoms with van der Waals surface area (Å²) in [4.78, 5) is 2.55. The SMILES string of the molecule is CN(N)c1cc2c3c(c1)CCCN3CCC2. The molecule has 0 radical (unpaired) electrons. The molecule has 0 unspecified atom stereocenters. The molecule has 1 aromatic carbocycles. The fourth-order valence-corrected chi connectivity index (χ4v) is 2.99. The molecule has 0 amide bonds. The Morgan fingerprint density at radius 2 is 1.69 bits per heavy atom. The predicted molar refractivity (Wildman–Crippen MR) is 67.9 cm³/mol. The Hall–Kier alpha value is -1.22. The zero-order valence-electron chi connectivity index (χ0n) is 9.87. The highest BCUT2D eigenvalue weighted by Gasteiger charge is 2.24. The van der Waals surface area contributed by atoms with Crippen LogP contribution in [0.5, 0.6) is 0 Å². The van der Waals surface area contributed by atoms with Crippen LogP contribution in [0.15, 0.2) is 12.1 Å². The molecule has 1 aromatic rings. The average Bonchev–Trinajstić information content (AvgIpc) is 2.29. The van der Waals surface area contributed by atoms with Crippen molar-refractivity contribution in [2.45, 2.75) is 25.7 Å². The largest absolute Gasteiger partial charge is 0.371 e. The number of nitrogens with zero attached hydrogens (tertiary/aromatic N) is 2. The van der Waals surface area contributed by atoms with Crippen LogP contribution in [0.4, 0.5) is 11.4 Å². The molecule has 0 saturated heterocycles.